The normalized spacial score (nSPS) is 10.3. The van der Waals surface area contributed by atoms with Crippen molar-refractivity contribution in [2.45, 2.75) is 20.5 Å². The maximum Gasteiger partial charge on any atom is 0.147 e. The van der Waals surface area contributed by atoms with Gasteiger partial charge in [-0.05, 0) is 37.1 Å². The van der Waals surface area contributed by atoms with Gasteiger partial charge in [-0.15, -0.1) is 0 Å². The Labute approximate surface area is 105 Å². The fourth-order valence-electron chi connectivity index (χ4n) is 1.59. The van der Waals surface area contributed by atoms with E-state index in [4.69, 9.17) is 16.3 Å². The zero-order valence-corrected chi connectivity index (χ0v) is 10.5. The van der Waals surface area contributed by atoms with Gasteiger partial charge >= 0.3 is 0 Å². The molecule has 0 unspecified atom stereocenters. The standard InChI is InChI=1S/C13H13ClN2O/c1-9-3-10(2)5-12(4-9)17-8-11-6-16-13(14)7-15-11/h3-7H,8H2,1-2H3. The first-order chi connectivity index (χ1) is 8.13. The van der Waals surface area contributed by atoms with Gasteiger partial charge in [-0.3, -0.25) is 4.98 Å². The van der Waals surface area contributed by atoms with Crippen molar-refractivity contribution in [2.75, 3.05) is 0 Å². The lowest BCUT2D eigenvalue weighted by molar-refractivity contribution is 0.300. The van der Waals surface area contributed by atoms with Crippen LogP contribution in [0, 0.1) is 13.8 Å². The average molecular weight is 249 g/mol. The molecule has 0 aliphatic rings. The second kappa shape index (κ2) is 5.15. The number of aryl methyl sites for hydroxylation is 2. The highest BCUT2D eigenvalue weighted by atomic mass is 35.5. The van der Waals surface area contributed by atoms with Gasteiger partial charge in [0.15, 0.2) is 0 Å². The number of rotatable bonds is 3. The summed E-state index contributed by atoms with van der Waals surface area (Å²) in [4.78, 5) is 8.07. The van der Waals surface area contributed by atoms with E-state index in [2.05, 4.69) is 16.0 Å². The molecule has 17 heavy (non-hydrogen) atoms. The molecule has 4 heteroatoms. The summed E-state index contributed by atoms with van der Waals surface area (Å²) in [5.41, 5.74) is 3.12. The molecule has 0 N–H and O–H groups in total. The highest BCUT2D eigenvalue weighted by Gasteiger charge is 2.00. The maximum absolute atomic E-state index is 5.66. The molecule has 0 radical (unpaired) electrons. The van der Waals surface area contributed by atoms with E-state index in [1.54, 1.807) is 6.20 Å². The molecule has 3 nitrogen and oxygen atoms in total. The van der Waals surface area contributed by atoms with Gasteiger partial charge in [-0.25, -0.2) is 4.98 Å². The van der Waals surface area contributed by atoms with Crippen molar-refractivity contribution in [1.29, 1.82) is 0 Å². The zero-order valence-electron chi connectivity index (χ0n) is 9.77. The number of aromatic nitrogens is 2. The minimum absolute atomic E-state index is 0.389. The molecule has 1 aromatic heterocycles. The predicted molar refractivity (Wildman–Crippen MR) is 67.3 cm³/mol. The van der Waals surface area contributed by atoms with Gasteiger partial charge in [0.25, 0.3) is 0 Å². The smallest absolute Gasteiger partial charge is 0.147 e. The summed E-state index contributed by atoms with van der Waals surface area (Å²) in [5.74, 6) is 0.847. The molecular formula is C13H13ClN2O. The second-order valence-electron chi connectivity index (χ2n) is 3.94. The molecule has 1 heterocycles. The third kappa shape index (κ3) is 3.43. The third-order valence-corrected chi connectivity index (χ3v) is 2.45. The molecule has 2 aromatic rings. The lowest BCUT2D eigenvalue weighted by Crippen LogP contribution is -1.99. The molecular weight excluding hydrogens is 236 g/mol. The van der Waals surface area contributed by atoms with Gasteiger partial charge < -0.3 is 4.74 Å². The number of hydrogen-bond donors (Lipinski definition) is 0. The summed E-state index contributed by atoms with van der Waals surface area (Å²) in [7, 11) is 0. The van der Waals surface area contributed by atoms with Crippen LogP contribution in [0.5, 0.6) is 5.75 Å². The van der Waals surface area contributed by atoms with Gasteiger partial charge in [-0.2, -0.15) is 0 Å². The van der Waals surface area contributed by atoms with Gasteiger partial charge in [0.05, 0.1) is 18.1 Å². The summed E-state index contributed by atoms with van der Waals surface area (Å²) in [5, 5.41) is 0.389. The maximum atomic E-state index is 5.66. The lowest BCUT2D eigenvalue weighted by atomic mass is 10.1. The van der Waals surface area contributed by atoms with Crippen molar-refractivity contribution in [3.05, 3.63) is 52.6 Å². The first-order valence-corrected chi connectivity index (χ1v) is 5.69. The Balaban J connectivity index is 2.04. The van der Waals surface area contributed by atoms with E-state index in [1.807, 2.05) is 26.0 Å². The number of ether oxygens (including phenoxy) is 1. The Bertz CT molecular complexity index is 491. The van der Waals surface area contributed by atoms with Crippen LogP contribution in [-0.4, -0.2) is 9.97 Å². The number of hydrogen-bond acceptors (Lipinski definition) is 3. The fraction of sp³-hybridized carbons (Fsp3) is 0.231. The van der Waals surface area contributed by atoms with E-state index < -0.39 is 0 Å². The van der Waals surface area contributed by atoms with Crippen LogP contribution in [0.25, 0.3) is 0 Å². The molecule has 0 spiro atoms. The van der Waals surface area contributed by atoms with Crippen molar-refractivity contribution in [1.82, 2.24) is 9.97 Å². The number of halogens is 1. The summed E-state index contributed by atoms with van der Waals surface area (Å²) < 4.78 is 5.65. The van der Waals surface area contributed by atoms with E-state index in [9.17, 15) is 0 Å². The molecule has 0 saturated carbocycles. The van der Waals surface area contributed by atoms with Crippen LogP contribution in [0.1, 0.15) is 16.8 Å². The lowest BCUT2D eigenvalue weighted by Gasteiger charge is -2.07. The van der Waals surface area contributed by atoms with Crippen molar-refractivity contribution >= 4 is 11.6 Å². The highest BCUT2D eigenvalue weighted by molar-refractivity contribution is 6.29. The Morgan fingerprint density at radius 1 is 1.06 bits per heavy atom. The number of nitrogens with zero attached hydrogens (tertiary/aromatic N) is 2. The van der Waals surface area contributed by atoms with Crippen molar-refractivity contribution in [3.8, 4) is 5.75 Å². The number of benzene rings is 1. The van der Waals surface area contributed by atoms with Crippen molar-refractivity contribution < 1.29 is 4.74 Å². The molecule has 2 rings (SSSR count). The zero-order chi connectivity index (χ0) is 12.3. The molecule has 0 aliphatic heterocycles. The largest absolute Gasteiger partial charge is 0.487 e. The second-order valence-corrected chi connectivity index (χ2v) is 4.33. The van der Waals surface area contributed by atoms with E-state index >= 15 is 0 Å². The van der Waals surface area contributed by atoms with Crippen LogP contribution in [0.2, 0.25) is 5.15 Å². The van der Waals surface area contributed by atoms with Crippen LogP contribution in [0.15, 0.2) is 30.6 Å². The summed E-state index contributed by atoms with van der Waals surface area (Å²) in [6, 6.07) is 6.10. The van der Waals surface area contributed by atoms with E-state index in [0.29, 0.717) is 11.8 Å². The summed E-state index contributed by atoms with van der Waals surface area (Å²) >= 11 is 5.66. The topological polar surface area (TPSA) is 35.0 Å². The van der Waals surface area contributed by atoms with Crippen LogP contribution >= 0.6 is 11.6 Å². The quantitative estimate of drug-likeness (QED) is 0.836. The van der Waals surface area contributed by atoms with Crippen LogP contribution in [-0.2, 0) is 6.61 Å². The molecule has 88 valence electrons. The third-order valence-electron chi connectivity index (χ3n) is 2.26. The molecule has 0 saturated heterocycles. The van der Waals surface area contributed by atoms with E-state index in [-0.39, 0.29) is 0 Å². The fourth-order valence-corrected chi connectivity index (χ4v) is 1.68. The minimum atomic E-state index is 0.389. The van der Waals surface area contributed by atoms with Crippen molar-refractivity contribution in [3.63, 3.8) is 0 Å². The Morgan fingerprint density at radius 2 is 1.76 bits per heavy atom. The van der Waals surface area contributed by atoms with Gasteiger partial charge in [0.2, 0.25) is 0 Å². The SMILES string of the molecule is Cc1cc(C)cc(OCc2cnc(Cl)cn2)c1. The Kier molecular flexibility index (Phi) is 3.59. The summed E-state index contributed by atoms with van der Waals surface area (Å²) in [6.45, 7) is 4.48. The first kappa shape index (κ1) is 11.9. The van der Waals surface area contributed by atoms with E-state index in [1.165, 1.54) is 17.3 Å². The van der Waals surface area contributed by atoms with E-state index in [0.717, 1.165) is 11.4 Å². The Morgan fingerprint density at radius 3 is 2.35 bits per heavy atom. The van der Waals surface area contributed by atoms with Gasteiger partial charge in [-0.1, -0.05) is 17.7 Å². The first-order valence-electron chi connectivity index (χ1n) is 5.31. The highest BCUT2D eigenvalue weighted by Crippen LogP contribution is 2.17. The monoisotopic (exact) mass is 248 g/mol. The van der Waals surface area contributed by atoms with Crippen LogP contribution < -0.4 is 4.74 Å². The average Bonchev–Trinajstić information content (AvgIpc) is 2.27. The molecule has 0 fully saturated rings. The molecule has 0 amide bonds. The predicted octanol–water partition coefficient (Wildman–Crippen LogP) is 3.33. The molecule has 0 atom stereocenters. The van der Waals surface area contributed by atoms with Crippen LogP contribution in [0.3, 0.4) is 0 Å². The molecule has 0 aliphatic carbocycles. The van der Waals surface area contributed by atoms with Gasteiger partial charge in [0, 0.05) is 0 Å². The van der Waals surface area contributed by atoms with Crippen LogP contribution in [0.4, 0.5) is 0 Å². The molecule has 0 bridgehead atoms. The minimum Gasteiger partial charge on any atom is -0.487 e. The Hall–Kier alpha value is -1.61. The van der Waals surface area contributed by atoms with Crippen molar-refractivity contribution in [2.24, 2.45) is 0 Å². The molecule has 1 aromatic carbocycles. The van der Waals surface area contributed by atoms with Gasteiger partial charge in [0.1, 0.15) is 17.5 Å². The summed E-state index contributed by atoms with van der Waals surface area (Å²) in [6.07, 6.45) is 3.13.